The predicted molar refractivity (Wildman–Crippen MR) is 112 cm³/mol. The molecule has 28 heavy (non-hydrogen) atoms. The molecule has 2 heterocycles. The Balaban J connectivity index is 2.41. The van der Waals surface area contributed by atoms with E-state index >= 15 is 0 Å². The second kappa shape index (κ2) is 9.69. The zero-order valence-electron chi connectivity index (χ0n) is 15.8. The number of rotatable bonds is 7. The number of aromatic nitrogens is 2. The zero-order chi connectivity index (χ0) is 20.5. The van der Waals surface area contributed by atoms with Gasteiger partial charge in [0.05, 0.1) is 11.8 Å². The van der Waals surface area contributed by atoms with Gasteiger partial charge in [0.25, 0.3) is 0 Å². The Morgan fingerprint density at radius 2 is 2.21 bits per heavy atom. The van der Waals surface area contributed by atoms with E-state index in [0.29, 0.717) is 23.1 Å². The number of anilines is 1. The topological polar surface area (TPSA) is 117 Å². The fourth-order valence-corrected chi connectivity index (χ4v) is 2.52. The van der Waals surface area contributed by atoms with Gasteiger partial charge in [-0.15, -0.1) is 6.58 Å². The largest absolute Gasteiger partial charge is 0.360 e. The number of carbonyl (C=O) groups is 1. The van der Waals surface area contributed by atoms with Crippen LogP contribution >= 0.6 is 0 Å². The molecule has 7 heteroatoms. The molecule has 0 radical (unpaired) electrons. The lowest BCUT2D eigenvalue weighted by Crippen LogP contribution is -2.29. The van der Waals surface area contributed by atoms with Crippen LogP contribution < -0.4 is 10.6 Å². The Bertz CT molecular complexity index is 1030. The van der Waals surface area contributed by atoms with E-state index in [-0.39, 0.29) is 11.7 Å². The minimum absolute atomic E-state index is 0.0610. The quantitative estimate of drug-likeness (QED) is 0.193. The van der Waals surface area contributed by atoms with Gasteiger partial charge in [-0.3, -0.25) is 10.2 Å². The molecule has 0 unspecified atom stereocenters. The van der Waals surface area contributed by atoms with E-state index in [1.54, 1.807) is 43.7 Å². The Morgan fingerprint density at radius 1 is 1.43 bits per heavy atom. The molecule has 0 saturated carbocycles. The summed E-state index contributed by atoms with van der Waals surface area (Å²) in [7, 11) is 0. The van der Waals surface area contributed by atoms with Crippen molar-refractivity contribution in [3.63, 3.8) is 0 Å². The highest BCUT2D eigenvalue weighted by Crippen LogP contribution is 2.21. The standard InChI is InChI=1S/C21H22N6O/c1-4-5-6-16(12-22)11-14(2)18(20(23)27-15(3)28)13-26-19-8-10-25-21-17(19)7-9-24-21/h4,6-11,13H,1,5H2,2-3H3,(H2,23,27,28)(H2,24,25,26)/b14-11+,16-6+,18-13-. The van der Waals surface area contributed by atoms with Crippen LogP contribution in [0.25, 0.3) is 11.0 Å². The molecule has 7 nitrogen and oxygen atoms in total. The molecule has 0 fully saturated rings. The van der Waals surface area contributed by atoms with Gasteiger partial charge < -0.3 is 15.6 Å². The number of nitrogens with zero attached hydrogens (tertiary/aromatic N) is 2. The summed E-state index contributed by atoms with van der Waals surface area (Å²) in [6, 6.07) is 5.83. The first-order valence-corrected chi connectivity index (χ1v) is 8.61. The van der Waals surface area contributed by atoms with Crippen molar-refractivity contribution in [3.05, 3.63) is 72.3 Å². The molecule has 1 amide bonds. The number of fused-ring (bicyclic) bond motifs is 1. The van der Waals surface area contributed by atoms with Gasteiger partial charge in [-0.2, -0.15) is 5.26 Å². The van der Waals surface area contributed by atoms with Crippen molar-refractivity contribution in [1.82, 2.24) is 15.3 Å². The van der Waals surface area contributed by atoms with Crippen LogP contribution in [-0.4, -0.2) is 21.7 Å². The number of hydrogen-bond donors (Lipinski definition) is 4. The fraction of sp³-hybridized carbons (Fsp3) is 0.143. The fourth-order valence-electron chi connectivity index (χ4n) is 2.52. The van der Waals surface area contributed by atoms with Gasteiger partial charge in [0, 0.05) is 42.0 Å². The molecule has 0 aromatic carbocycles. The number of amidine groups is 1. The monoisotopic (exact) mass is 374 g/mol. The van der Waals surface area contributed by atoms with Crippen LogP contribution in [0.1, 0.15) is 20.3 Å². The number of aromatic amines is 1. The molecule has 0 aliphatic heterocycles. The van der Waals surface area contributed by atoms with E-state index < -0.39 is 0 Å². The number of amides is 1. The summed E-state index contributed by atoms with van der Waals surface area (Å²) in [6.45, 7) is 6.76. The molecule has 4 N–H and O–H groups in total. The maximum Gasteiger partial charge on any atom is 0.222 e. The van der Waals surface area contributed by atoms with Gasteiger partial charge in [0.15, 0.2) is 0 Å². The molecule has 0 bridgehead atoms. The van der Waals surface area contributed by atoms with E-state index in [1.165, 1.54) is 6.92 Å². The van der Waals surface area contributed by atoms with Crippen molar-refractivity contribution in [3.8, 4) is 6.07 Å². The van der Waals surface area contributed by atoms with Gasteiger partial charge in [-0.1, -0.05) is 12.2 Å². The number of carbonyl (C=O) groups excluding carboxylic acids is 1. The van der Waals surface area contributed by atoms with Crippen LogP contribution in [-0.2, 0) is 4.79 Å². The summed E-state index contributed by atoms with van der Waals surface area (Å²) in [4.78, 5) is 18.7. The van der Waals surface area contributed by atoms with Crippen LogP contribution in [0.15, 0.2) is 72.3 Å². The number of hydrogen-bond acceptors (Lipinski definition) is 5. The number of pyridine rings is 1. The van der Waals surface area contributed by atoms with Gasteiger partial charge in [0.1, 0.15) is 11.5 Å². The molecule has 2 aromatic rings. The van der Waals surface area contributed by atoms with Crippen molar-refractivity contribution in [1.29, 1.82) is 10.7 Å². The van der Waals surface area contributed by atoms with E-state index in [2.05, 4.69) is 33.2 Å². The molecule has 2 aromatic heterocycles. The lowest BCUT2D eigenvalue weighted by atomic mass is 10.0. The molecule has 2 rings (SSSR count). The normalized spacial score (nSPS) is 12.4. The molecule has 0 spiro atoms. The molecule has 0 aliphatic carbocycles. The maximum atomic E-state index is 11.4. The maximum absolute atomic E-state index is 11.4. The van der Waals surface area contributed by atoms with Crippen molar-refractivity contribution in [2.45, 2.75) is 20.3 Å². The Morgan fingerprint density at radius 3 is 2.89 bits per heavy atom. The summed E-state index contributed by atoms with van der Waals surface area (Å²) in [6.07, 6.45) is 10.8. The third-order valence-corrected chi connectivity index (χ3v) is 3.83. The molecule has 0 aliphatic rings. The van der Waals surface area contributed by atoms with Crippen LogP contribution in [0.4, 0.5) is 5.69 Å². The molecular weight excluding hydrogens is 352 g/mol. The van der Waals surface area contributed by atoms with Crippen LogP contribution in [0.3, 0.4) is 0 Å². The van der Waals surface area contributed by atoms with E-state index in [1.807, 2.05) is 12.1 Å². The van der Waals surface area contributed by atoms with Gasteiger partial charge in [-0.05, 0) is 37.1 Å². The summed E-state index contributed by atoms with van der Waals surface area (Å²) in [5.41, 5.74) is 3.10. The van der Waals surface area contributed by atoms with E-state index in [0.717, 1.165) is 16.7 Å². The second-order valence-corrected chi connectivity index (χ2v) is 5.98. The van der Waals surface area contributed by atoms with Crippen LogP contribution in [0, 0.1) is 16.7 Å². The van der Waals surface area contributed by atoms with E-state index in [4.69, 9.17) is 5.41 Å². The summed E-state index contributed by atoms with van der Waals surface area (Å²) < 4.78 is 0. The van der Waals surface area contributed by atoms with Gasteiger partial charge >= 0.3 is 0 Å². The number of nitrogens with one attached hydrogen (secondary N) is 4. The smallest absolute Gasteiger partial charge is 0.222 e. The van der Waals surface area contributed by atoms with Gasteiger partial charge in [-0.25, -0.2) is 4.98 Å². The van der Waals surface area contributed by atoms with Crippen molar-refractivity contribution in [2.75, 3.05) is 5.32 Å². The number of nitriles is 1. The summed E-state index contributed by atoms with van der Waals surface area (Å²) in [5, 5.41) is 24.1. The van der Waals surface area contributed by atoms with Crippen LogP contribution in [0.2, 0.25) is 0 Å². The van der Waals surface area contributed by atoms with E-state index in [9.17, 15) is 10.1 Å². The first-order valence-electron chi connectivity index (χ1n) is 8.61. The molecule has 0 atom stereocenters. The Hall–Kier alpha value is -3.92. The lowest BCUT2D eigenvalue weighted by molar-refractivity contribution is -0.117. The van der Waals surface area contributed by atoms with Crippen molar-refractivity contribution in [2.24, 2.45) is 0 Å². The number of H-pyrrole nitrogens is 1. The third kappa shape index (κ3) is 5.29. The lowest BCUT2D eigenvalue weighted by Gasteiger charge is -2.12. The summed E-state index contributed by atoms with van der Waals surface area (Å²) in [5.74, 6) is -0.405. The zero-order valence-corrected chi connectivity index (χ0v) is 15.8. The third-order valence-electron chi connectivity index (χ3n) is 3.83. The van der Waals surface area contributed by atoms with Crippen LogP contribution in [0.5, 0.6) is 0 Å². The minimum atomic E-state index is -0.344. The van der Waals surface area contributed by atoms with Gasteiger partial charge in [0.2, 0.25) is 5.91 Å². The van der Waals surface area contributed by atoms with Crippen molar-refractivity contribution >= 4 is 28.5 Å². The first kappa shape index (κ1) is 20.4. The second-order valence-electron chi connectivity index (χ2n) is 5.98. The highest BCUT2D eigenvalue weighted by Gasteiger charge is 2.11. The average Bonchev–Trinajstić information content (AvgIpc) is 3.14. The SMILES string of the molecule is C=CC\C=C(C#N)/C=C(C)/C(=C/Nc1ccnc2[nH]ccc12)C(=N)NC(C)=O. The first-order chi connectivity index (χ1) is 13.5. The molecular formula is C21H22N6O. The molecule has 0 saturated heterocycles. The average molecular weight is 374 g/mol. The molecule has 142 valence electrons. The predicted octanol–water partition coefficient (Wildman–Crippen LogP) is 3.94. The Labute approximate surface area is 163 Å². The van der Waals surface area contributed by atoms with Crippen molar-refractivity contribution < 1.29 is 4.79 Å². The summed E-state index contributed by atoms with van der Waals surface area (Å²) >= 11 is 0. The highest BCUT2D eigenvalue weighted by atomic mass is 16.1. The number of allylic oxidation sites excluding steroid dienone is 4. The minimum Gasteiger partial charge on any atom is -0.360 e. The Kier molecular flexibility index (Phi) is 7.06. The highest BCUT2D eigenvalue weighted by molar-refractivity contribution is 6.08.